The Morgan fingerprint density at radius 3 is 2.73 bits per heavy atom. The standard InChI is InChI=1S/C11H24N2O2/c1-10(2)4-3-7-13-11(14)5-8-15-9-6-12/h10H,3-9,12H2,1-2H3,(H,13,14). The summed E-state index contributed by atoms with van der Waals surface area (Å²) in [4.78, 5) is 11.2. The first-order chi connectivity index (χ1) is 7.16. The Labute approximate surface area is 92.6 Å². The fourth-order valence-corrected chi connectivity index (χ4v) is 1.18. The summed E-state index contributed by atoms with van der Waals surface area (Å²) in [5.74, 6) is 0.769. The average Bonchev–Trinajstić information content (AvgIpc) is 2.19. The van der Waals surface area contributed by atoms with Crippen LogP contribution in [-0.2, 0) is 9.53 Å². The molecule has 0 heterocycles. The van der Waals surface area contributed by atoms with E-state index in [1.165, 1.54) is 0 Å². The molecule has 0 aromatic rings. The third-order valence-electron chi connectivity index (χ3n) is 2.02. The summed E-state index contributed by atoms with van der Waals surface area (Å²) in [5, 5.41) is 2.86. The van der Waals surface area contributed by atoms with Crippen LogP contribution < -0.4 is 11.1 Å². The van der Waals surface area contributed by atoms with Crippen LogP contribution in [0.1, 0.15) is 33.1 Å². The Bertz CT molecular complexity index is 161. The Morgan fingerprint density at radius 1 is 1.40 bits per heavy atom. The number of nitrogens with one attached hydrogen (secondary N) is 1. The van der Waals surface area contributed by atoms with E-state index in [9.17, 15) is 4.79 Å². The minimum absolute atomic E-state index is 0.0655. The Morgan fingerprint density at radius 2 is 2.13 bits per heavy atom. The van der Waals surface area contributed by atoms with Crippen LogP contribution in [0, 0.1) is 5.92 Å². The van der Waals surface area contributed by atoms with Crippen molar-refractivity contribution in [3.8, 4) is 0 Å². The van der Waals surface area contributed by atoms with Crippen molar-refractivity contribution in [2.75, 3.05) is 26.3 Å². The predicted octanol–water partition coefficient (Wildman–Crippen LogP) is 0.904. The average molecular weight is 216 g/mol. The first-order valence-corrected chi connectivity index (χ1v) is 5.71. The molecule has 0 fully saturated rings. The smallest absolute Gasteiger partial charge is 0.222 e. The zero-order chi connectivity index (χ0) is 11.5. The lowest BCUT2D eigenvalue weighted by molar-refractivity contribution is -0.122. The van der Waals surface area contributed by atoms with Crippen molar-refractivity contribution in [2.24, 2.45) is 11.7 Å². The molecule has 4 heteroatoms. The highest BCUT2D eigenvalue weighted by atomic mass is 16.5. The van der Waals surface area contributed by atoms with Gasteiger partial charge in [0, 0.05) is 19.5 Å². The van der Waals surface area contributed by atoms with Crippen molar-refractivity contribution < 1.29 is 9.53 Å². The van der Waals surface area contributed by atoms with Crippen LogP contribution in [0.25, 0.3) is 0 Å². The van der Waals surface area contributed by atoms with Crippen LogP contribution in [0.2, 0.25) is 0 Å². The lowest BCUT2D eigenvalue weighted by atomic mass is 10.1. The maximum atomic E-state index is 11.2. The summed E-state index contributed by atoms with van der Waals surface area (Å²) in [5.41, 5.74) is 5.25. The molecule has 0 aliphatic rings. The van der Waals surface area contributed by atoms with Gasteiger partial charge in [-0.1, -0.05) is 13.8 Å². The number of amides is 1. The number of ether oxygens (including phenoxy) is 1. The van der Waals surface area contributed by atoms with Crippen LogP contribution in [0.5, 0.6) is 0 Å². The summed E-state index contributed by atoms with van der Waals surface area (Å²) in [7, 11) is 0. The Hall–Kier alpha value is -0.610. The van der Waals surface area contributed by atoms with Crippen LogP contribution in [0.4, 0.5) is 0 Å². The van der Waals surface area contributed by atoms with Gasteiger partial charge in [-0.05, 0) is 18.8 Å². The molecule has 0 aliphatic heterocycles. The van der Waals surface area contributed by atoms with Crippen molar-refractivity contribution in [2.45, 2.75) is 33.1 Å². The number of carbonyl (C=O) groups excluding carboxylic acids is 1. The molecule has 0 atom stereocenters. The molecule has 0 saturated heterocycles. The van der Waals surface area contributed by atoms with E-state index in [1.54, 1.807) is 0 Å². The molecular weight excluding hydrogens is 192 g/mol. The van der Waals surface area contributed by atoms with Crippen molar-refractivity contribution >= 4 is 5.91 Å². The van der Waals surface area contributed by atoms with E-state index < -0.39 is 0 Å². The quantitative estimate of drug-likeness (QED) is 0.563. The molecule has 4 nitrogen and oxygen atoms in total. The molecule has 0 aliphatic carbocycles. The Kier molecular flexibility index (Phi) is 9.52. The first-order valence-electron chi connectivity index (χ1n) is 5.71. The fraction of sp³-hybridized carbons (Fsp3) is 0.909. The van der Waals surface area contributed by atoms with Gasteiger partial charge in [0.2, 0.25) is 5.91 Å². The molecular formula is C11H24N2O2. The predicted molar refractivity (Wildman–Crippen MR) is 61.6 cm³/mol. The highest BCUT2D eigenvalue weighted by Crippen LogP contribution is 2.01. The van der Waals surface area contributed by atoms with E-state index in [0.717, 1.165) is 19.4 Å². The van der Waals surface area contributed by atoms with Gasteiger partial charge in [-0.25, -0.2) is 0 Å². The van der Waals surface area contributed by atoms with Crippen molar-refractivity contribution in [3.63, 3.8) is 0 Å². The van der Waals surface area contributed by atoms with Crippen LogP contribution in [-0.4, -0.2) is 32.2 Å². The summed E-state index contributed by atoms with van der Waals surface area (Å²) in [6.45, 7) is 6.64. The Balaban J connectivity index is 3.19. The number of nitrogens with two attached hydrogens (primary N) is 1. The molecule has 0 saturated carbocycles. The van der Waals surface area contributed by atoms with E-state index in [2.05, 4.69) is 19.2 Å². The van der Waals surface area contributed by atoms with E-state index in [0.29, 0.717) is 32.1 Å². The molecule has 1 amide bonds. The van der Waals surface area contributed by atoms with Crippen LogP contribution in [0.15, 0.2) is 0 Å². The largest absolute Gasteiger partial charge is 0.380 e. The lowest BCUT2D eigenvalue weighted by Crippen LogP contribution is -2.26. The lowest BCUT2D eigenvalue weighted by Gasteiger charge is -2.07. The summed E-state index contributed by atoms with van der Waals surface area (Å²) >= 11 is 0. The molecule has 0 rings (SSSR count). The topological polar surface area (TPSA) is 64.3 Å². The second-order valence-corrected chi connectivity index (χ2v) is 4.04. The zero-order valence-corrected chi connectivity index (χ0v) is 9.92. The molecule has 90 valence electrons. The third kappa shape index (κ3) is 11.3. The second kappa shape index (κ2) is 9.93. The highest BCUT2D eigenvalue weighted by Gasteiger charge is 2.00. The molecule has 0 bridgehead atoms. The van der Waals surface area contributed by atoms with E-state index in [4.69, 9.17) is 10.5 Å². The van der Waals surface area contributed by atoms with Crippen LogP contribution in [0.3, 0.4) is 0 Å². The zero-order valence-electron chi connectivity index (χ0n) is 9.92. The monoisotopic (exact) mass is 216 g/mol. The van der Waals surface area contributed by atoms with E-state index in [-0.39, 0.29) is 5.91 Å². The minimum Gasteiger partial charge on any atom is -0.380 e. The van der Waals surface area contributed by atoms with E-state index in [1.807, 2.05) is 0 Å². The van der Waals surface area contributed by atoms with Gasteiger partial charge in [0.15, 0.2) is 0 Å². The van der Waals surface area contributed by atoms with Gasteiger partial charge in [0.1, 0.15) is 0 Å². The third-order valence-corrected chi connectivity index (χ3v) is 2.02. The van der Waals surface area contributed by atoms with Crippen molar-refractivity contribution in [1.82, 2.24) is 5.32 Å². The maximum absolute atomic E-state index is 11.2. The van der Waals surface area contributed by atoms with Gasteiger partial charge in [0.05, 0.1) is 13.2 Å². The molecule has 0 aromatic carbocycles. The van der Waals surface area contributed by atoms with Gasteiger partial charge in [-0.2, -0.15) is 0 Å². The number of hydrogen-bond acceptors (Lipinski definition) is 3. The number of carbonyl (C=O) groups is 1. The highest BCUT2D eigenvalue weighted by molar-refractivity contribution is 5.75. The SMILES string of the molecule is CC(C)CCCNC(=O)CCOCCN. The molecule has 0 unspecified atom stereocenters. The van der Waals surface area contributed by atoms with Crippen molar-refractivity contribution in [3.05, 3.63) is 0 Å². The number of hydrogen-bond donors (Lipinski definition) is 2. The molecule has 0 aromatic heterocycles. The van der Waals surface area contributed by atoms with Crippen molar-refractivity contribution in [1.29, 1.82) is 0 Å². The molecule has 0 radical (unpaired) electrons. The summed E-state index contributed by atoms with van der Waals surface area (Å²) in [6, 6.07) is 0. The minimum atomic E-state index is 0.0655. The van der Waals surface area contributed by atoms with Crippen LogP contribution >= 0.6 is 0 Å². The fourth-order valence-electron chi connectivity index (χ4n) is 1.18. The van der Waals surface area contributed by atoms with Gasteiger partial charge < -0.3 is 15.8 Å². The second-order valence-electron chi connectivity index (χ2n) is 4.04. The molecule has 0 spiro atoms. The maximum Gasteiger partial charge on any atom is 0.222 e. The summed E-state index contributed by atoms with van der Waals surface area (Å²) < 4.78 is 5.11. The van der Waals surface area contributed by atoms with Gasteiger partial charge in [0.25, 0.3) is 0 Å². The first kappa shape index (κ1) is 14.4. The van der Waals surface area contributed by atoms with Gasteiger partial charge in [-0.3, -0.25) is 4.79 Å². The van der Waals surface area contributed by atoms with E-state index >= 15 is 0 Å². The molecule has 3 N–H and O–H groups in total. The normalized spacial score (nSPS) is 10.7. The molecule has 15 heavy (non-hydrogen) atoms. The summed E-state index contributed by atoms with van der Waals surface area (Å²) in [6.07, 6.45) is 2.64. The van der Waals surface area contributed by atoms with Gasteiger partial charge in [-0.15, -0.1) is 0 Å². The van der Waals surface area contributed by atoms with Gasteiger partial charge >= 0.3 is 0 Å². The number of rotatable bonds is 9.